The van der Waals surface area contributed by atoms with Gasteiger partial charge in [-0.15, -0.1) is 0 Å². The highest BCUT2D eigenvalue weighted by Crippen LogP contribution is 2.22. The quantitative estimate of drug-likeness (QED) is 0.677. The van der Waals surface area contributed by atoms with E-state index in [1.807, 2.05) is 0 Å². The maximum absolute atomic E-state index is 11.9. The molecule has 0 radical (unpaired) electrons. The van der Waals surface area contributed by atoms with Crippen molar-refractivity contribution in [1.29, 1.82) is 0 Å². The Hall–Kier alpha value is -0.870. The lowest BCUT2D eigenvalue weighted by Crippen LogP contribution is -2.39. The van der Waals surface area contributed by atoms with E-state index in [2.05, 4.69) is 4.74 Å². The Bertz CT molecular complexity index is 382. The minimum atomic E-state index is -4.43. The molecule has 0 amide bonds. The van der Waals surface area contributed by atoms with Crippen LogP contribution in [-0.2, 0) is 19.6 Å². The number of aliphatic carboxylic acids is 1. The fraction of sp³-hybridized carbons (Fsp3) is 0.889. The maximum atomic E-state index is 11.9. The second-order valence-corrected chi connectivity index (χ2v) is 5.84. The van der Waals surface area contributed by atoms with Crippen LogP contribution in [0, 0.1) is 0 Å². The van der Waals surface area contributed by atoms with Crippen molar-refractivity contribution in [2.45, 2.75) is 19.0 Å². The Morgan fingerprint density at radius 2 is 1.95 bits per heavy atom. The summed E-state index contributed by atoms with van der Waals surface area (Å²) < 4.78 is 64.4. The van der Waals surface area contributed by atoms with Crippen molar-refractivity contribution in [3.63, 3.8) is 0 Å². The SMILES string of the molecule is COCCN(CC(=O)O)S(=O)(=O)CCCC(F)(F)F. The van der Waals surface area contributed by atoms with Gasteiger partial charge in [-0.05, 0) is 6.42 Å². The topological polar surface area (TPSA) is 83.9 Å². The van der Waals surface area contributed by atoms with Gasteiger partial charge < -0.3 is 9.84 Å². The van der Waals surface area contributed by atoms with Crippen LogP contribution >= 0.6 is 0 Å². The largest absolute Gasteiger partial charge is 0.480 e. The van der Waals surface area contributed by atoms with Crippen molar-refractivity contribution in [2.24, 2.45) is 0 Å². The number of carboxylic acid groups (broad SMARTS) is 1. The highest BCUT2D eigenvalue weighted by Gasteiger charge is 2.29. The van der Waals surface area contributed by atoms with Crippen molar-refractivity contribution in [3.05, 3.63) is 0 Å². The first kappa shape index (κ1) is 18.1. The monoisotopic (exact) mass is 307 g/mol. The minimum Gasteiger partial charge on any atom is -0.480 e. The standard InChI is InChI=1S/C9H16F3NO5S/c1-18-5-4-13(7-8(14)15)19(16,17)6-2-3-9(10,11)12/h2-7H2,1H3,(H,14,15). The third-order valence-electron chi connectivity index (χ3n) is 2.11. The molecule has 0 fully saturated rings. The molecular weight excluding hydrogens is 291 g/mol. The van der Waals surface area contributed by atoms with Gasteiger partial charge in [-0.1, -0.05) is 0 Å². The predicted octanol–water partition coefficient (Wildman–Crippen LogP) is 0.692. The first-order valence-corrected chi connectivity index (χ1v) is 6.94. The predicted molar refractivity (Wildman–Crippen MR) is 60.2 cm³/mol. The molecule has 10 heteroatoms. The molecule has 0 aliphatic rings. The van der Waals surface area contributed by atoms with E-state index in [1.54, 1.807) is 0 Å². The molecule has 0 aromatic carbocycles. The number of nitrogens with zero attached hydrogens (tertiary/aromatic N) is 1. The smallest absolute Gasteiger partial charge is 0.389 e. The number of sulfonamides is 1. The molecule has 0 aromatic rings. The van der Waals surface area contributed by atoms with Crippen LogP contribution < -0.4 is 0 Å². The summed E-state index contributed by atoms with van der Waals surface area (Å²) in [7, 11) is -2.74. The summed E-state index contributed by atoms with van der Waals surface area (Å²) in [6, 6.07) is 0. The lowest BCUT2D eigenvalue weighted by Gasteiger charge is -2.20. The third kappa shape index (κ3) is 8.78. The molecule has 0 aliphatic carbocycles. The number of alkyl halides is 3. The van der Waals surface area contributed by atoms with E-state index in [9.17, 15) is 26.4 Å². The van der Waals surface area contributed by atoms with Gasteiger partial charge in [0.15, 0.2) is 0 Å². The zero-order chi connectivity index (χ0) is 15.1. The summed E-state index contributed by atoms with van der Waals surface area (Å²) in [4.78, 5) is 10.5. The van der Waals surface area contributed by atoms with Gasteiger partial charge >= 0.3 is 12.1 Å². The third-order valence-corrected chi connectivity index (χ3v) is 4.02. The summed E-state index contributed by atoms with van der Waals surface area (Å²) in [6.45, 7) is -1.04. The average molecular weight is 307 g/mol. The van der Waals surface area contributed by atoms with Gasteiger partial charge in [-0.3, -0.25) is 4.79 Å². The van der Waals surface area contributed by atoms with Crippen LogP contribution in [0.25, 0.3) is 0 Å². The molecule has 0 saturated carbocycles. The Morgan fingerprint density at radius 3 is 2.37 bits per heavy atom. The van der Waals surface area contributed by atoms with Crippen molar-refractivity contribution in [1.82, 2.24) is 4.31 Å². The highest BCUT2D eigenvalue weighted by molar-refractivity contribution is 7.89. The molecule has 0 heterocycles. The lowest BCUT2D eigenvalue weighted by molar-refractivity contribution is -0.137. The first-order chi connectivity index (χ1) is 8.58. The number of carbonyl (C=O) groups is 1. The zero-order valence-electron chi connectivity index (χ0n) is 10.3. The lowest BCUT2D eigenvalue weighted by atomic mass is 10.3. The molecule has 6 nitrogen and oxygen atoms in total. The molecule has 0 rings (SSSR count). The van der Waals surface area contributed by atoms with Crippen LogP contribution in [0.1, 0.15) is 12.8 Å². The number of ether oxygens (including phenoxy) is 1. The van der Waals surface area contributed by atoms with Gasteiger partial charge in [-0.25, -0.2) is 8.42 Å². The fourth-order valence-electron chi connectivity index (χ4n) is 1.24. The van der Waals surface area contributed by atoms with Crippen LogP contribution in [0.3, 0.4) is 0 Å². The van der Waals surface area contributed by atoms with Gasteiger partial charge in [0, 0.05) is 20.1 Å². The normalized spacial score (nSPS) is 12.9. The molecule has 0 spiro atoms. The Morgan fingerprint density at radius 1 is 1.37 bits per heavy atom. The summed E-state index contributed by atoms with van der Waals surface area (Å²) in [5.41, 5.74) is 0. The van der Waals surface area contributed by atoms with Gasteiger partial charge in [0.2, 0.25) is 10.0 Å². The minimum absolute atomic E-state index is 0.0359. The molecular formula is C9H16F3NO5S. The molecule has 114 valence electrons. The van der Waals surface area contributed by atoms with Gasteiger partial charge in [0.05, 0.1) is 12.4 Å². The Balaban J connectivity index is 4.55. The molecule has 0 aliphatic heterocycles. The van der Waals surface area contributed by atoms with Crippen LogP contribution in [0.15, 0.2) is 0 Å². The van der Waals surface area contributed by atoms with Crippen LogP contribution in [0.4, 0.5) is 13.2 Å². The van der Waals surface area contributed by atoms with Crippen molar-refractivity contribution in [3.8, 4) is 0 Å². The summed E-state index contributed by atoms with van der Waals surface area (Å²) in [5.74, 6) is -2.13. The van der Waals surface area contributed by atoms with Crippen LogP contribution in [-0.4, -0.2) is 62.5 Å². The molecule has 0 atom stereocenters. The van der Waals surface area contributed by atoms with E-state index in [0.29, 0.717) is 4.31 Å². The molecule has 1 N–H and O–H groups in total. The fourth-order valence-corrected chi connectivity index (χ4v) is 2.67. The van der Waals surface area contributed by atoms with E-state index in [0.717, 1.165) is 0 Å². The summed E-state index contributed by atoms with van der Waals surface area (Å²) in [5, 5.41) is 8.57. The second-order valence-electron chi connectivity index (χ2n) is 3.75. The van der Waals surface area contributed by atoms with Gasteiger partial charge in [0.25, 0.3) is 0 Å². The molecule has 0 aromatic heterocycles. The number of methoxy groups -OCH3 is 1. The van der Waals surface area contributed by atoms with E-state index in [4.69, 9.17) is 5.11 Å². The van der Waals surface area contributed by atoms with Crippen LogP contribution in [0.5, 0.6) is 0 Å². The maximum Gasteiger partial charge on any atom is 0.389 e. The van der Waals surface area contributed by atoms with E-state index >= 15 is 0 Å². The Labute approximate surface area is 109 Å². The molecule has 0 saturated heterocycles. The second kappa shape index (κ2) is 7.65. The number of hydrogen-bond donors (Lipinski definition) is 1. The number of rotatable bonds is 9. The molecule has 0 bridgehead atoms. The summed E-state index contributed by atoms with van der Waals surface area (Å²) in [6.07, 6.45) is -6.26. The van der Waals surface area contributed by atoms with Crippen LogP contribution in [0.2, 0.25) is 0 Å². The van der Waals surface area contributed by atoms with Gasteiger partial charge in [0.1, 0.15) is 6.54 Å². The van der Waals surface area contributed by atoms with Gasteiger partial charge in [-0.2, -0.15) is 17.5 Å². The van der Waals surface area contributed by atoms with Crippen molar-refractivity contribution < 1.29 is 36.2 Å². The zero-order valence-corrected chi connectivity index (χ0v) is 11.1. The molecule has 0 unspecified atom stereocenters. The van der Waals surface area contributed by atoms with E-state index < -0.39 is 47.3 Å². The van der Waals surface area contributed by atoms with Crippen molar-refractivity contribution in [2.75, 3.05) is 32.6 Å². The average Bonchev–Trinajstić information content (AvgIpc) is 2.21. The van der Waals surface area contributed by atoms with Crippen molar-refractivity contribution >= 4 is 16.0 Å². The first-order valence-electron chi connectivity index (χ1n) is 5.34. The molecule has 19 heavy (non-hydrogen) atoms. The Kier molecular flexibility index (Phi) is 7.30. The number of hydrogen-bond acceptors (Lipinski definition) is 4. The number of halogens is 3. The van der Waals surface area contributed by atoms with E-state index in [-0.39, 0.29) is 13.2 Å². The van der Waals surface area contributed by atoms with E-state index in [1.165, 1.54) is 7.11 Å². The number of carboxylic acids is 1. The summed E-state index contributed by atoms with van der Waals surface area (Å²) >= 11 is 0. The highest BCUT2D eigenvalue weighted by atomic mass is 32.2.